The molecule has 0 bridgehead atoms. The number of thiophene rings is 1. The van der Waals surface area contributed by atoms with E-state index in [4.69, 9.17) is 10.5 Å². The van der Waals surface area contributed by atoms with Crippen molar-refractivity contribution in [2.75, 3.05) is 31.9 Å². The number of anilines is 1. The Kier molecular flexibility index (Phi) is 4.49. The molecule has 0 saturated carbocycles. The van der Waals surface area contributed by atoms with Gasteiger partial charge in [-0.3, -0.25) is 4.79 Å². The molecule has 2 amide bonds. The Morgan fingerprint density at radius 3 is 2.45 bits per heavy atom. The molecule has 0 atom stereocenters. The normalized spacial score (nSPS) is 18.4. The number of aryl methyl sites for hydroxylation is 2. The summed E-state index contributed by atoms with van der Waals surface area (Å²) in [4.78, 5) is 30.2. The predicted octanol–water partition coefficient (Wildman–Crippen LogP) is 2.97. The Morgan fingerprint density at radius 2 is 1.79 bits per heavy atom. The molecule has 4 heterocycles. The lowest BCUT2D eigenvalue weighted by Gasteiger charge is -2.47. The van der Waals surface area contributed by atoms with Gasteiger partial charge in [-0.25, -0.2) is 4.79 Å². The summed E-state index contributed by atoms with van der Waals surface area (Å²) in [5, 5.41) is 9.18. The zero-order chi connectivity index (χ0) is 21.1. The molecular weight excluding hydrogens is 390 g/mol. The molecule has 4 rings (SSSR count). The van der Waals surface area contributed by atoms with Crippen LogP contribution in [0.3, 0.4) is 0 Å². The molecule has 8 nitrogen and oxygen atoms in total. The fourth-order valence-electron chi connectivity index (χ4n) is 4.13. The number of fused-ring (bicyclic) bond motifs is 1. The molecule has 0 unspecified atom stereocenters. The summed E-state index contributed by atoms with van der Waals surface area (Å²) in [6.45, 7) is 12.0. The summed E-state index contributed by atoms with van der Waals surface area (Å²) < 4.78 is 5.44. The Labute approximate surface area is 174 Å². The first-order valence-electron chi connectivity index (χ1n) is 9.79. The second-order valence-corrected chi connectivity index (χ2v) is 10.2. The van der Waals surface area contributed by atoms with E-state index in [1.165, 1.54) is 11.3 Å². The molecule has 2 aromatic heterocycles. The monoisotopic (exact) mass is 417 g/mol. The number of nitrogens with two attached hydrogens (primary N) is 1. The van der Waals surface area contributed by atoms with Crippen molar-refractivity contribution < 1.29 is 14.3 Å². The molecule has 2 aromatic rings. The van der Waals surface area contributed by atoms with Gasteiger partial charge in [-0.2, -0.15) is 5.10 Å². The first-order valence-corrected chi connectivity index (χ1v) is 10.6. The Balaban J connectivity index is 1.46. The van der Waals surface area contributed by atoms with Gasteiger partial charge in [0.2, 0.25) is 0 Å². The summed E-state index contributed by atoms with van der Waals surface area (Å²) in [6.07, 6.45) is 0.590. The third kappa shape index (κ3) is 3.41. The molecule has 2 saturated heterocycles. The van der Waals surface area contributed by atoms with Crippen LogP contribution in [-0.2, 0) is 4.74 Å². The molecule has 1 spiro atoms. The van der Waals surface area contributed by atoms with E-state index in [1.807, 2.05) is 39.5 Å². The third-order valence-electron chi connectivity index (χ3n) is 5.76. The van der Waals surface area contributed by atoms with E-state index in [-0.39, 0.29) is 17.4 Å². The van der Waals surface area contributed by atoms with E-state index in [0.29, 0.717) is 41.6 Å². The fraction of sp³-hybridized carbons (Fsp3) is 0.600. The first kappa shape index (κ1) is 19.9. The van der Waals surface area contributed by atoms with E-state index in [1.54, 1.807) is 4.90 Å². The summed E-state index contributed by atoms with van der Waals surface area (Å²) in [5.74, 6) is -0.0600. The Bertz CT molecular complexity index is 1000. The van der Waals surface area contributed by atoms with Crippen LogP contribution < -0.4 is 5.73 Å². The minimum atomic E-state index is -0.504. The van der Waals surface area contributed by atoms with Crippen molar-refractivity contribution >= 4 is 39.2 Å². The van der Waals surface area contributed by atoms with Crippen molar-refractivity contribution in [3.63, 3.8) is 0 Å². The average molecular weight is 418 g/mol. The maximum atomic E-state index is 13.2. The molecule has 0 radical (unpaired) electrons. The number of carbonyl (C=O) groups is 2. The predicted molar refractivity (Wildman–Crippen MR) is 112 cm³/mol. The van der Waals surface area contributed by atoms with Gasteiger partial charge in [0.25, 0.3) is 5.91 Å². The topological polar surface area (TPSA) is 102 Å². The molecule has 29 heavy (non-hydrogen) atoms. The van der Waals surface area contributed by atoms with Crippen LogP contribution in [-0.4, -0.2) is 63.8 Å². The minimum absolute atomic E-state index is 0.0374. The maximum Gasteiger partial charge on any atom is 0.410 e. The first-order chi connectivity index (χ1) is 13.5. The van der Waals surface area contributed by atoms with Crippen LogP contribution in [0.15, 0.2) is 0 Å². The van der Waals surface area contributed by atoms with E-state index in [0.717, 1.165) is 23.1 Å². The second-order valence-electron chi connectivity index (χ2n) is 9.25. The number of nitrogen functional groups attached to an aromatic ring is 1. The largest absolute Gasteiger partial charge is 0.444 e. The standard InChI is InChI=1S/C20H27N5O3S/c1-11-12(2)22-23-16-13(11)14(21)15(29-16)17(26)24-7-6-20(8-24)9-25(10-20)18(27)28-19(3,4)5/h6-10,21H2,1-5H3. The number of aromatic nitrogens is 2. The lowest BCUT2D eigenvalue weighted by molar-refractivity contribution is -0.0297. The summed E-state index contributed by atoms with van der Waals surface area (Å²) in [5.41, 5.74) is 8.07. The number of rotatable bonds is 1. The highest BCUT2D eigenvalue weighted by molar-refractivity contribution is 7.21. The Morgan fingerprint density at radius 1 is 1.14 bits per heavy atom. The third-order valence-corrected chi connectivity index (χ3v) is 6.84. The minimum Gasteiger partial charge on any atom is -0.444 e. The van der Waals surface area contributed by atoms with Crippen molar-refractivity contribution in [3.8, 4) is 0 Å². The van der Waals surface area contributed by atoms with Gasteiger partial charge >= 0.3 is 6.09 Å². The molecule has 156 valence electrons. The average Bonchev–Trinajstić information content (AvgIpc) is 3.17. The molecule has 2 aliphatic heterocycles. The van der Waals surface area contributed by atoms with Crippen LogP contribution in [0.5, 0.6) is 0 Å². The van der Waals surface area contributed by atoms with Gasteiger partial charge in [-0.1, -0.05) is 0 Å². The van der Waals surface area contributed by atoms with E-state index < -0.39 is 5.60 Å². The zero-order valence-corrected chi connectivity index (χ0v) is 18.4. The van der Waals surface area contributed by atoms with E-state index >= 15 is 0 Å². The van der Waals surface area contributed by atoms with Gasteiger partial charge < -0.3 is 20.3 Å². The van der Waals surface area contributed by atoms with Gasteiger partial charge in [0, 0.05) is 37.0 Å². The maximum absolute atomic E-state index is 13.2. The second kappa shape index (κ2) is 6.55. The van der Waals surface area contributed by atoms with Crippen LogP contribution in [0.2, 0.25) is 0 Å². The SMILES string of the molecule is Cc1nnc2sc(C(=O)N3CCC4(CN(C(=O)OC(C)(C)C)C4)C3)c(N)c2c1C. The number of likely N-dealkylation sites (tertiary alicyclic amines) is 2. The number of hydrogen-bond acceptors (Lipinski definition) is 7. The number of amides is 2. The van der Waals surface area contributed by atoms with Crippen LogP contribution in [0.4, 0.5) is 10.5 Å². The molecule has 2 aliphatic rings. The highest BCUT2D eigenvalue weighted by atomic mass is 32.1. The van der Waals surface area contributed by atoms with Gasteiger partial charge in [-0.05, 0) is 46.6 Å². The summed E-state index contributed by atoms with van der Waals surface area (Å²) in [6, 6.07) is 0. The molecule has 0 aliphatic carbocycles. The smallest absolute Gasteiger partial charge is 0.410 e. The van der Waals surface area contributed by atoms with Crippen LogP contribution in [0.25, 0.3) is 10.2 Å². The molecule has 9 heteroatoms. The van der Waals surface area contributed by atoms with Crippen molar-refractivity contribution in [1.82, 2.24) is 20.0 Å². The Hall–Kier alpha value is -2.42. The van der Waals surface area contributed by atoms with E-state index in [9.17, 15) is 9.59 Å². The molecule has 2 N–H and O–H groups in total. The van der Waals surface area contributed by atoms with Crippen LogP contribution in [0, 0.1) is 19.3 Å². The molecule has 0 aromatic carbocycles. The van der Waals surface area contributed by atoms with Crippen molar-refractivity contribution in [1.29, 1.82) is 0 Å². The van der Waals surface area contributed by atoms with E-state index in [2.05, 4.69) is 10.2 Å². The number of ether oxygens (including phenoxy) is 1. The quantitative estimate of drug-likeness (QED) is 0.765. The zero-order valence-electron chi connectivity index (χ0n) is 17.5. The highest BCUT2D eigenvalue weighted by Gasteiger charge is 2.51. The van der Waals surface area contributed by atoms with Gasteiger partial charge in [-0.15, -0.1) is 16.4 Å². The van der Waals surface area contributed by atoms with Crippen LogP contribution >= 0.6 is 11.3 Å². The number of hydrogen-bond donors (Lipinski definition) is 1. The van der Waals surface area contributed by atoms with Gasteiger partial charge in [0.1, 0.15) is 15.3 Å². The van der Waals surface area contributed by atoms with Crippen molar-refractivity contribution in [2.24, 2.45) is 5.41 Å². The van der Waals surface area contributed by atoms with Crippen molar-refractivity contribution in [3.05, 3.63) is 16.1 Å². The van der Waals surface area contributed by atoms with Gasteiger partial charge in [0.15, 0.2) is 0 Å². The highest BCUT2D eigenvalue weighted by Crippen LogP contribution is 2.42. The van der Waals surface area contributed by atoms with Crippen LogP contribution in [0.1, 0.15) is 48.1 Å². The lowest BCUT2D eigenvalue weighted by Crippen LogP contribution is -2.60. The fourth-order valence-corrected chi connectivity index (χ4v) is 5.20. The molecule has 2 fully saturated rings. The molecular formula is C20H27N5O3S. The van der Waals surface area contributed by atoms with Crippen molar-refractivity contribution in [2.45, 2.75) is 46.6 Å². The lowest BCUT2D eigenvalue weighted by atomic mass is 9.79. The summed E-state index contributed by atoms with van der Waals surface area (Å²) in [7, 11) is 0. The summed E-state index contributed by atoms with van der Waals surface area (Å²) >= 11 is 1.30. The number of carbonyl (C=O) groups excluding carboxylic acids is 2. The van der Waals surface area contributed by atoms with Gasteiger partial charge in [0.05, 0.1) is 11.4 Å². The number of nitrogens with zero attached hydrogens (tertiary/aromatic N) is 4.